The van der Waals surface area contributed by atoms with Gasteiger partial charge in [0.05, 0.1) is 14.5 Å². The first kappa shape index (κ1) is 20.6. The van der Waals surface area contributed by atoms with E-state index in [0.717, 1.165) is 41.3 Å². The van der Waals surface area contributed by atoms with Gasteiger partial charge in [-0.2, -0.15) is 0 Å². The second kappa shape index (κ2) is 8.31. The molecule has 1 aromatic carbocycles. The summed E-state index contributed by atoms with van der Waals surface area (Å²) in [7, 11) is -3.55. The summed E-state index contributed by atoms with van der Waals surface area (Å²) in [5.41, 5.74) is 0.843. The zero-order valence-corrected chi connectivity index (χ0v) is 18.5. The van der Waals surface area contributed by atoms with Gasteiger partial charge in [0.1, 0.15) is 0 Å². The van der Waals surface area contributed by atoms with Gasteiger partial charge in [-0.1, -0.05) is 12.1 Å². The zero-order valence-electron chi connectivity index (χ0n) is 16.9. The largest absolute Gasteiger partial charge is 0.347 e. The first-order valence-electron chi connectivity index (χ1n) is 10.5. The van der Waals surface area contributed by atoms with Gasteiger partial charge in [0.25, 0.3) is 5.91 Å². The molecule has 2 aliphatic heterocycles. The Morgan fingerprint density at radius 1 is 1.13 bits per heavy atom. The Morgan fingerprint density at radius 3 is 2.58 bits per heavy atom. The van der Waals surface area contributed by atoms with E-state index in [0.29, 0.717) is 23.5 Å². The lowest BCUT2D eigenvalue weighted by molar-refractivity contribution is 0.0955. The van der Waals surface area contributed by atoms with Gasteiger partial charge < -0.3 is 10.6 Å². The summed E-state index contributed by atoms with van der Waals surface area (Å²) in [6, 6.07) is 11.3. The van der Waals surface area contributed by atoms with Crippen LogP contribution in [-0.2, 0) is 16.6 Å². The van der Waals surface area contributed by atoms with Crippen molar-refractivity contribution in [3.8, 4) is 0 Å². The van der Waals surface area contributed by atoms with Gasteiger partial charge in [-0.15, -0.1) is 11.3 Å². The monoisotopic (exact) mass is 456 g/mol. The summed E-state index contributed by atoms with van der Waals surface area (Å²) < 4.78 is 29.4. The van der Waals surface area contributed by atoms with E-state index in [9.17, 15) is 13.2 Å². The number of thiophene rings is 1. The molecule has 4 heterocycles. The minimum absolute atomic E-state index is 0.0146. The molecule has 0 radical (unpaired) electrons. The maximum atomic E-state index is 12.8. The molecule has 2 atom stereocenters. The summed E-state index contributed by atoms with van der Waals surface area (Å²) in [5.74, 6) is -0.153. The number of sulfonamides is 1. The first-order chi connectivity index (χ1) is 15.0. The molecule has 3 N–H and O–H groups in total. The van der Waals surface area contributed by atoms with Crippen molar-refractivity contribution in [2.45, 2.75) is 55.2 Å². The summed E-state index contributed by atoms with van der Waals surface area (Å²) >= 11 is 1.40. The molecule has 3 aromatic rings. The fourth-order valence-electron chi connectivity index (χ4n) is 4.49. The molecule has 0 aliphatic carbocycles. The molecule has 0 saturated carbocycles. The minimum Gasteiger partial charge on any atom is -0.347 e. The number of hydrogen-bond acceptors (Lipinski definition) is 6. The summed E-state index contributed by atoms with van der Waals surface area (Å²) in [4.78, 5) is 17.4. The topological polar surface area (TPSA) is 100 Å². The summed E-state index contributed by atoms with van der Waals surface area (Å²) in [6.45, 7) is 0.330. The Morgan fingerprint density at radius 2 is 1.87 bits per heavy atom. The lowest BCUT2D eigenvalue weighted by Crippen LogP contribution is -2.47. The van der Waals surface area contributed by atoms with Gasteiger partial charge in [0, 0.05) is 37.1 Å². The van der Waals surface area contributed by atoms with Crippen molar-refractivity contribution in [3.05, 3.63) is 59.2 Å². The van der Waals surface area contributed by atoms with E-state index in [1.54, 1.807) is 36.7 Å². The fourth-order valence-corrected chi connectivity index (χ4v) is 6.70. The highest BCUT2D eigenvalue weighted by Gasteiger charge is 2.35. The van der Waals surface area contributed by atoms with Crippen molar-refractivity contribution in [1.82, 2.24) is 20.3 Å². The number of hydrogen-bond donors (Lipinski definition) is 3. The molecule has 1 amide bonds. The molecule has 2 bridgehead atoms. The predicted molar refractivity (Wildman–Crippen MR) is 121 cm³/mol. The van der Waals surface area contributed by atoms with E-state index in [1.807, 2.05) is 12.1 Å². The van der Waals surface area contributed by atoms with Gasteiger partial charge >= 0.3 is 0 Å². The van der Waals surface area contributed by atoms with Crippen molar-refractivity contribution in [2.75, 3.05) is 0 Å². The Bertz CT molecular complexity index is 1160. The average Bonchev–Trinajstić information content (AvgIpc) is 3.35. The Hall–Kier alpha value is -2.33. The standard InChI is InChI=1S/C22H24N4O3S2/c27-22(20-9-15-7-8-23-13-21(15)30-20)24-12-14-1-5-19(6-2-14)31(28,29)26-18-10-16-3-4-17(11-18)25-16/h1-2,5-9,13,16-18,25-26H,3-4,10-12H2,(H,24,27). The van der Waals surface area contributed by atoms with Crippen LogP contribution in [0.4, 0.5) is 0 Å². The van der Waals surface area contributed by atoms with E-state index in [-0.39, 0.29) is 16.8 Å². The Kier molecular flexibility index (Phi) is 5.51. The number of nitrogens with zero attached hydrogens (tertiary/aromatic N) is 1. The van der Waals surface area contributed by atoms with Gasteiger partial charge in [-0.25, -0.2) is 13.1 Å². The third-order valence-corrected chi connectivity index (χ3v) is 8.65. The molecule has 0 spiro atoms. The first-order valence-corrected chi connectivity index (χ1v) is 12.8. The lowest BCUT2D eigenvalue weighted by atomic mass is 10.0. The molecule has 2 aliphatic rings. The van der Waals surface area contributed by atoms with Crippen LogP contribution in [0.3, 0.4) is 0 Å². The van der Waals surface area contributed by atoms with Crippen molar-refractivity contribution in [2.24, 2.45) is 0 Å². The van der Waals surface area contributed by atoms with E-state index in [4.69, 9.17) is 0 Å². The van der Waals surface area contributed by atoms with Gasteiger partial charge in [0.15, 0.2) is 0 Å². The molecule has 2 fully saturated rings. The smallest absolute Gasteiger partial charge is 0.261 e. The van der Waals surface area contributed by atoms with Crippen LogP contribution in [0.5, 0.6) is 0 Å². The molecule has 9 heteroatoms. The summed E-state index contributed by atoms with van der Waals surface area (Å²) in [5, 5.41) is 7.41. The zero-order chi connectivity index (χ0) is 21.4. The van der Waals surface area contributed by atoms with Gasteiger partial charge in [-0.05, 0) is 60.9 Å². The van der Waals surface area contributed by atoms with Gasteiger partial charge in [-0.3, -0.25) is 9.78 Å². The van der Waals surface area contributed by atoms with Crippen molar-refractivity contribution < 1.29 is 13.2 Å². The average molecular weight is 457 g/mol. The fraction of sp³-hybridized carbons (Fsp3) is 0.364. The Balaban J connectivity index is 1.20. The predicted octanol–water partition coefficient (Wildman–Crippen LogP) is 2.79. The van der Waals surface area contributed by atoms with E-state index in [1.165, 1.54) is 11.3 Å². The number of piperidine rings is 1. The SMILES string of the molecule is O=C(NCc1ccc(S(=O)(=O)NC2CC3CCC(C2)N3)cc1)c1cc2ccncc2s1. The highest BCUT2D eigenvalue weighted by atomic mass is 32.2. The van der Waals surface area contributed by atoms with Gasteiger partial charge in [0.2, 0.25) is 10.0 Å². The molecule has 162 valence electrons. The van der Waals surface area contributed by atoms with Crippen LogP contribution in [0.1, 0.15) is 40.9 Å². The number of amides is 1. The van der Waals surface area contributed by atoms with Crippen LogP contribution in [0.15, 0.2) is 53.7 Å². The van der Waals surface area contributed by atoms with E-state index >= 15 is 0 Å². The number of carbonyl (C=O) groups is 1. The van der Waals surface area contributed by atoms with Crippen LogP contribution in [0, 0.1) is 0 Å². The van der Waals surface area contributed by atoms with Crippen LogP contribution >= 0.6 is 11.3 Å². The second-order valence-corrected chi connectivity index (χ2v) is 11.1. The van der Waals surface area contributed by atoms with Crippen LogP contribution in [0.2, 0.25) is 0 Å². The van der Waals surface area contributed by atoms with Crippen LogP contribution in [-0.4, -0.2) is 37.4 Å². The van der Waals surface area contributed by atoms with Crippen molar-refractivity contribution in [3.63, 3.8) is 0 Å². The summed E-state index contributed by atoms with van der Waals surface area (Å²) in [6.07, 6.45) is 7.39. The highest BCUT2D eigenvalue weighted by molar-refractivity contribution is 7.89. The molecule has 5 rings (SSSR count). The third kappa shape index (κ3) is 4.50. The number of rotatable bonds is 6. The number of aromatic nitrogens is 1. The normalized spacial score (nSPS) is 23.2. The lowest BCUT2D eigenvalue weighted by Gasteiger charge is -2.29. The second-order valence-electron chi connectivity index (χ2n) is 8.28. The molecule has 7 nitrogen and oxygen atoms in total. The van der Waals surface area contributed by atoms with E-state index in [2.05, 4.69) is 20.3 Å². The number of nitrogens with one attached hydrogen (secondary N) is 3. The molecule has 2 unspecified atom stereocenters. The van der Waals surface area contributed by atoms with E-state index < -0.39 is 10.0 Å². The molecule has 31 heavy (non-hydrogen) atoms. The Labute approximate surface area is 185 Å². The molecule has 2 aromatic heterocycles. The number of pyridine rings is 1. The highest BCUT2D eigenvalue weighted by Crippen LogP contribution is 2.28. The molecular weight excluding hydrogens is 432 g/mol. The molecular formula is C22H24N4O3S2. The quantitative estimate of drug-likeness (QED) is 0.530. The van der Waals surface area contributed by atoms with Crippen molar-refractivity contribution in [1.29, 1.82) is 0 Å². The van der Waals surface area contributed by atoms with Crippen LogP contribution < -0.4 is 15.4 Å². The number of fused-ring (bicyclic) bond motifs is 3. The molecule has 2 saturated heterocycles. The number of carbonyl (C=O) groups excluding carboxylic acids is 1. The maximum absolute atomic E-state index is 12.8. The van der Waals surface area contributed by atoms with Crippen LogP contribution in [0.25, 0.3) is 10.1 Å². The van der Waals surface area contributed by atoms with Crippen molar-refractivity contribution >= 4 is 37.4 Å². The minimum atomic E-state index is -3.55. The number of benzene rings is 1. The third-order valence-electron chi connectivity index (χ3n) is 6.03. The maximum Gasteiger partial charge on any atom is 0.261 e.